The number of hydrogen-bond acceptors (Lipinski definition) is 4. The van der Waals surface area contributed by atoms with E-state index in [0.29, 0.717) is 5.39 Å². The fourth-order valence-electron chi connectivity index (χ4n) is 1.21. The number of fused-ring (bicyclic) bond motifs is 1. The Labute approximate surface area is 96.9 Å². The van der Waals surface area contributed by atoms with Crippen molar-refractivity contribution in [3.63, 3.8) is 0 Å². The van der Waals surface area contributed by atoms with Gasteiger partial charge in [0.25, 0.3) is 10.1 Å². The quantitative estimate of drug-likeness (QED) is 0.621. The van der Waals surface area contributed by atoms with Crippen molar-refractivity contribution >= 4 is 33.5 Å². The zero-order valence-corrected chi connectivity index (χ0v) is 9.42. The van der Waals surface area contributed by atoms with Crippen LogP contribution in [0.4, 0.5) is 0 Å². The summed E-state index contributed by atoms with van der Waals surface area (Å²) in [6.07, 6.45) is 0. The summed E-state index contributed by atoms with van der Waals surface area (Å²) in [6, 6.07) is 6.32. The van der Waals surface area contributed by atoms with Crippen molar-refractivity contribution in [2.45, 2.75) is 4.90 Å². The first kappa shape index (κ1) is 12.7. The van der Waals surface area contributed by atoms with E-state index in [4.69, 9.17) is 8.97 Å². The number of benzene rings is 1. The van der Waals surface area contributed by atoms with Gasteiger partial charge in [-0.25, -0.2) is 4.79 Å². The van der Waals surface area contributed by atoms with Gasteiger partial charge in [-0.05, 0) is 24.3 Å². The molecule has 0 unspecified atom stereocenters. The topological polar surface area (TPSA) is 84.6 Å². The third kappa shape index (κ3) is 2.41. The van der Waals surface area contributed by atoms with E-state index in [0.717, 1.165) is 0 Å². The molecular formula is C9H7ClO5S. The summed E-state index contributed by atoms with van der Waals surface area (Å²) in [5.74, 6) is 0. The summed E-state index contributed by atoms with van der Waals surface area (Å²) < 4.78 is 35.2. The highest BCUT2D eigenvalue weighted by molar-refractivity contribution is 7.85. The molecule has 0 radical (unpaired) electrons. The van der Waals surface area contributed by atoms with Gasteiger partial charge in [0, 0.05) is 11.5 Å². The summed E-state index contributed by atoms with van der Waals surface area (Å²) in [5.41, 5.74) is -0.239. The Bertz CT molecular complexity index is 674. The van der Waals surface area contributed by atoms with Crippen molar-refractivity contribution in [3.05, 3.63) is 40.8 Å². The van der Waals surface area contributed by atoms with Crippen LogP contribution in [0.5, 0.6) is 0 Å². The summed E-state index contributed by atoms with van der Waals surface area (Å²) >= 11 is 0. The van der Waals surface area contributed by atoms with Crippen LogP contribution in [0.25, 0.3) is 11.0 Å². The third-order valence-electron chi connectivity index (χ3n) is 1.89. The minimum atomic E-state index is -4.22. The average molecular weight is 263 g/mol. The van der Waals surface area contributed by atoms with E-state index in [1.165, 1.54) is 30.3 Å². The predicted molar refractivity (Wildman–Crippen MR) is 59.5 cm³/mol. The van der Waals surface area contributed by atoms with E-state index in [-0.39, 0.29) is 22.9 Å². The lowest BCUT2D eigenvalue weighted by molar-refractivity contribution is 0.483. The molecule has 0 saturated heterocycles. The average Bonchev–Trinajstić information content (AvgIpc) is 2.15. The molecule has 0 bridgehead atoms. The van der Waals surface area contributed by atoms with Crippen molar-refractivity contribution < 1.29 is 17.4 Å². The highest BCUT2D eigenvalue weighted by Gasteiger charge is 2.10. The molecule has 1 aromatic carbocycles. The maximum Gasteiger partial charge on any atom is 0.336 e. The molecule has 1 aromatic heterocycles. The highest BCUT2D eigenvalue weighted by atomic mass is 35.5. The van der Waals surface area contributed by atoms with Crippen LogP contribution in [-0.4, -0.2) is 13.0 Å². The van der Waals surface area contributed by atoms with Crippen molar-refractivity contribution in [3.8, 4) is 0 Å². The van der Waals surface area contributed by atoms with Crippen molar-refractivity contribution in [1.82, 2.24) is 0 Å². The van der Waals surface area contributed by atoms with Crippen LogP contribution >= 0.6 is 12.4 Å². The first-order chi connectivity index (χ1) is 6.97. The van der Waals surface area contributed by atoms with E-state index in [9.17, 15) is 13.2 Å². The van der Waals surface area contributed by atoms with Gasteiger partial charge in [0.05, 0.1) is 4.90 Å². The van der Waals surface area contributed by atoms with Gasteiger partial charge in [0.2, 0.25) is 0 Å². The molecule has 0 aliphatic carbocycles. The molecule has 2 aromatic rings. The van der Waals surface area contributed by atoms with Gasteiger partial charge in [-0.2, -0.15) is 8.42 Å². The first-order valence-corrected chi connectivity index (χ1v) is 5.42. The van der Waals surface area contributed by atoms with Crippen LogP contribution in [0.15, 0.2) is 44.4 Å². The maximum atomic E-state index is 10.8. The molecule has 0 aliphatic heterocycles. The Morgan fingerprint density at radius 2 is 1.81 bits per heavy atom. The first-order valence-electron chi connectivity index (χ1n) is 3.98. The van der Waals surface area contributed by atoms with Crippen LogP contribution in [-0.2, 0) is 10.1 Å². The molecule has 7 heteroatoms. The summed E-state index contributed by atoms with van der Waals surface area (Å²) in [5, 5.41) is 0.435. The summed E-state index contributed by atoms with van der Waals surface area (Å²) in [6.45, 7) is 0. The molecule has 5 nitrogen and oxygen atoms in total. The lowest BCUT2D eigenvalue weighted by Gasteiger charge is -1.98. The Hall–Kier alpha value is -1.37. The van der Waals surface area contributed by atoms with E-state index in [1.807, 2.05) is 0 Å². The highest BCUT2D eigenvalue weighted by Crippen LogP contribution is 2.17. The minimum absolute atomic E-state index is 0. The second-order valence-electron chi connectivity index (χ2n) is 2.93. The fraction of sp³-hybridized carbons (Fsp3) is 0. The van der Waals surface area contributed by atoms with Gasteiger partial charge in [-0.3, -0.25) is 4.55 Å². The smallest absolute Gasteiger partial charge is 0.336 e. The Morgan fingerprint density at radius 1 is 1.12 bits per heavy atom. The Kier molecular flexibility index (Phi) is 3.37. The lowest BCUT2D eigenvalue weighted by atomic mass is 10.2. The van der Waals surface area contributed by atoms with E-state index in [2.05, 4.69) is 0 Å². The molecule has 0 atom stereocenters. The van der Waals surface area contributed by atoms with Crippen LogP contribution in [0.2, 0.25) is 0 Å². The van der Waals surface area contributed by atoms with Gasteiger partial charge in [-0.1, -0.05) is 0 Å². The largest absolute Gasteiger partial charge is 0.423 e. The summed E-state index contributed by atoms with van der Waals surface area (Å²) in [4.78, 5) is 10.6. The lowest BCUT2D eigenvalue weighted by Crippen LogP contribution is -1.99. The van der Waals surface area contributed by atoms with Gasteiger partial charge in [-0.15, -0.1) is 12.4 Å². The molecule has 16 heavy (non-hydrogen) atoms. The molecule has 86 valence electrons. The molecule has 0 aliphatic rings. The predicted octanol–water partition coefficient (Wildman–Crippen LogP) is 1.46. The molecule has 0 saturated carbocycles. The molecule has 2 rings (SSSR count). The van der Waals surface area contributed by atoms with Crippen LogP contribution in [0, 0.1) is 0 Å². The second kappa shape index (κ2) is 4.25. The number of halogens is 1. The SMILES string of the molecule is Cl.O=c1ccc2cc(S(=O)(=O)O)ccc2o1. The van der Waals surface area contributed by atoms with Crippen LogP contribution in [0.3, 0.4) is 0 Å². The van der Waals surface area contributed by atoms with Crippen molar-refractivity contribution in [1.29, 1.82) is 0 Å². The molecule has 0 fully saturated rings. The number of rotatable bonds is 1. The van der Waals surface area contributed by atoms with Crippen molar-refractivity contribution in [2.24, 2.45) is 0 Å². The van der Waals surface area contributed by atoms with Gasteiger partial charge in [0.15, 0.2) is 0 Å². The van der Waals surface area contributed by atoms with E-state index in [1.54, 1.807) is 0 Å². The minimum Gasteiger partial charge on any atom is -0.423 e. The maximum absolute atomic E-state index is 10.8. The zero-order valence-electron chi connectivity index (χ0n) is 7.78. The van der Waals surface area contributed by atoms with E-state index < -0.39 is 15.7 Å². The fourth-order valence-corrected chi connectivity index (χ4v) is 1.73. The monoisotopic (exact) mass is 262 g/mol. The van der Waals surface area contributed by atoms with Gasteiger partial charge < -0.3 is 4.42 Å². The molecule has 1 heterocycles. The standard InChI is InChI=1S/C9H6O5S.ClH/c10-9-4-1-6-5-7(15(11,12)13)2-3-8(6)14-9;/h1-5H,(H,11,12,13);1H. The van der Waals surface area contributed by atoms with E-state index >= 15 is 0 Å². The molecule has 0 amide bonds. The number of hydrogen-bond donors (Lipinski definition) is 1. The Morgan fingerprint density at radius 3 is 2.44 bits per heavy atom. The summed E-state index contributed by atoms with van der Waals surface area (Å²) in [7, 11) is -4.22. The van der Waals surface area contributed by atoms with Crippen molar-refractivity contribution in [2.75, 3.05) is 0 Å². The normalized spacial score (nSPS) is 11.1. The molecular weight excluding hydrogens is 256 g/mol. The van der Waals surface area contributed by atoms with Gasteiger partial charge >= 0.3 is 5.63 Å². The molecule has 1 N–H and O–H groups in total. The zero-order chi connectivity index (χ0) is 11.1. The van der Waals surface area contributed by atoms with Gasteiger partial charge in [0.1, 0.15) is 5.58 Å². The van der Waals surface area contributed by atoms with Crippen LogP contribution in [0.1, 0.15) is 0 Å². The Balaban J connectivity index is 0.00000128. The van der Waals surface area contributed by atoms with Crippen LogP contribution < -0.4 is 5.63 Å². The second-order valence-corrected chi connectivity index (χ2v) is 4.35. The third-order valence-corrected chi connectivity index (χ3v) is 2.74. The molecule has 0 spiro atoms.